The highest BCUT2D eigenvalue weighted by Crippen LogP contribution is 2.39. The van der Waals surface area contributed by atoms with E-state index in [-0.39, 0.29) is 50.1 Å². The van der Waals surface area contributed by atoms with Gasteiger partial charge in [-0.2, -0.15) is 0 Å². The van der Waals surface area contributed by atoms with Crippen molar-refractivity contribution >= 4 is 23.9 Å². The fourth-order valence-corrected chi connectivity index (χ4v) is 6.47. The maximum absolute atomic E-state index is 12.6. The van der Waals surface area contributed by atoms with Gasteiger partial charge in [-0.25, -0.2) is 0 Å². The van der Waals surface area contributed by atoms with Crippen LogP contribution in [-0.4, -0.2) is 127 Å². The Balaban J connectivity index is 1.98. The van der Waals surface area contributed by atoms with Gasteiger partial charge in [0.15, 0.2) is 0 Å². The molecule has 0 bridgehead atoms. The third kappa shape index (κ3) is 13.8. The number of likely N-dealkylation sites (N-methyl/N-ethyl adjacent to an activating group) is 4. The molecule has 0 aromatic rings. The van der Waals surface area contributed by atoms with Crippen molar-refractivity contribution in [2.45, 2.75) is 89.6 Å². The van der Waals surface area contributed by atoms with Gasteiger partial charge < -0.3 is 29.6 Å². The molecule has 0 heterocycles. The first-order chi connectivity index (χ1) is 20.8. The van der Waals surface area contributed by atoms with Crippen LogP contribution in [0.5, 0.6) is 0 Å². The lowest BCUT2D eigenvalue weighted by Crippen LogP contribution is -2.43. The SMILES string of the molecule is CNCC(=O)OC1CCC(C[C@H](C)[C@H](C)CC2CCC(OC(=O)CN(C)C)C(OC(=O)CN(C)C)C2)CC1OC(=O)CNC. The number of hydrogen-bond donors (Lipinski definition) is 2. The van der Waals surface area contributed by atoms with E-state index in [1.807, 2.05) is 28.2 Å². The lowest BCUT2D eigenvalue weighted by atomic mass is 9.73. The van der Waals surface area contributed by atoms with Crippen molar-refractivity contribution in [3.8, 4) is 0 Å². The smallest absolute Gasteiger partial charge is 0.320 e. The molecule has 0 aromatic heterocycles. The van der Waals surface area contributed by atoms with Crippen LogP contribution in [0, 0.1) is 23.7 Å². The Morgan fingerprint density at radius 1 is 0.591 bits per heavy atom. The molecule has 2 N–H and O–H groups in total. The van der Waals surface area contributed by atoms with Crippen LogP contribution in [0.4, 0.5) is 0 Å². The minimum Gasteiger partial charge on any atom is -0.457 e. The Kier molecular flexibility index (Phi) is 16.6. The zero-order valence-electron chi connectivity index (χ0n) is 28.3. The van der Waals surface area contributed by atoms with E-state index in [1.54, 1.807) is 23.9 Å². The molecule has 8 atom stereocenters. The van der Waals surface area contributed by atoms with Crippen LogP contribution in [0.1, 0.15) is 65.2 Å². The van der Waals surface area contributed by atoms with E-state index in [4.69, 9.17) is 18.9 Å². The predicted octanol–water partition coefficient (Wildman–Crippen LogP) is 1.85. The molecule has 0 amide bonds. The van der Waals surface area contributed by atoms with Crippen molar-refractivity contribution in [1.82, 2.24) is 20.4 Å². The van der Waals surface area contributed by atoms with E-state index < -0.39 is 24.4 Å². The van der Waals surface area contributed by atoms with Crippen molar-refractivity contribution in [3.63, 3.8) is 0 Å². The summed E-state index contributed by atoms with van der Waals surface area (Å²) in [6, 6.07) is 0. The Hall–Kier alpha value is -2.28. The van der Waals surface area contributed by atoms with Gasteiger partial charge in [0.1, 0.15) is 24.4 Å². The third-order valence-corrected chi connectivity index (χ3v) is 8.73. The maximum Gasteiger partial charge on any atom is 0.320 e. The minimum atomic E-state index is -0.457. The van der Waals surface area contributed by atoms with Gasteiger partial charge in [0.05, 0.1) is 26.2 Å². The number of ether oxygens (including phenoxy) is 4. The van der Waals surface area contributed by atoms with E-state index >= 15 is 0 Å². The summed E-state index contributed by atoms with van der Waals surface area (Å²) in [6.45, 7) is 5.12. The van der Waals surface area contributed by atoms with Crippen molar-refractivity contribution in [2.75, 3.05) is 68.5 Å². The topological polar surface area (TPSA) is 136 Å². The highest BCUT2D eigenvalue weighted by Gasteiger charge is 2.39. The highest BCUT2D eigenvalue weighted by molar-refractivity contribution is 5.73. The Labute approximate surface area is 264 Å². The molecular weight excluding hydrogens is 568 g/mol. The summed E-state index contributed by atoms with van der Waals surface area (Å²) in [6.07, 6.45) is 4.66. The van der Waals surface area contributed by atoms with Gasteiger partial charge in [-0.05, 0) is 117 Å². The summed E-state index contributed by atoms with van der Waals surface area (Å²) < 4.78 is 23.1. The first kappa shape index (κ1) is 37.9. The lowest BCUT2D eigenvalue weighted by Gasteiger charge is -2.38. The number of nitrogens with one attached hydrogen (secondary N) is 2. The van der Waals surface area contributed by atoms with Crippen LogP contribution in [-0.2, 0) is 38.1 Å². The monoisotopic (exact) mass is 626 g/mol. The molecule has 6 unspecified atom stereocenters. The van der Waals surface area contributed by atoms with Gasteiger partial charge in [-0.1, -0.05) is 13.8 Å². The van der Waals surface area contributed by atoms with Crippen LogP contribution < -0.4 is 10.6 Å². The molecule has 44 heavy (non-hydrogen) atoms. The van der Waals surface area contributed by atoms with Crippen molar-refractivity contribution < 1.29 is 38.1 Å². The maximum atomic E-state index is 12.6. The number of nitrogens with zero attached hydrogens (tertiary/aromatic N) is 2. The average Bonchev–Trinajstić information content (AvgIpc) is 2.91. The van der Waals surface area contributed by atoms with Crippen molar-refractivity contribution in [2.24, 2.45) is 23.7 Å². The summed E-state index contributed by atoms with van der Waals surface area (Å²) >= 11 is 0. The summed E-state index contributed by atoms with van der Waals surface area (Å²) in [7, 11) is 10.7. The number of carbonyl (C=O) groups is 4. The average molecular weight is 627 g/mol. The highest BCUT2D eigenvalue weighted by atomic mass is 16.6. The second kappa shape index (κ2) is 19.3. The van der Waals surface area contributed by atoms with Gasteiger partial charge in [0.25, 0.3) is 0 Å². The molecule has 2 aliphatic carbocycles. The van der Waals surface area contributed by atoms with Gasteiger partial charge in [-0.15, -0.1) is 0 Å². The zero-order chi connectivity index (χ0) is 32.8. The zero-order valence-corrected chi connectivity index (χ0v) is 28.3. The van der Waals surface area contributed by atoms with Gasteiger partial charge in [-0.3, -0.25) is 29.0 Å². The van der Waals surface area contributed by atoms with E-state index in [2.05, 4.69) is 24.5 Å². The summed E-state index contributed by atoms with van der Waals surface area (Å²) in [5, 5.41) is 5.63. The number of carbonyl (C=O) groups excluding carboxylic acids is 4. The lowest BCUT2D eigenvalue weighted by molar-refractivity contribution is -0.174. The number of rotatable bonds is 17. The Bertz CT molecular complexity index is 917. The molecule has 0 radical (unpaired) electrons. The molecule has 0 aliphatic heterocycles. The molecule has 2 saturated carbocycles. The fourth-order valence-electron chi connectivity index (χ4n) is 6.47. The molecule has 12 heteroatoms. The quantitative estimate of drug-likeness (QED) is 0.180. The summed E-state index contributed by atoms with van der Waals surface area (Å²) in [5.74, 6) is 0.226. The fraction of sp³-hybridized carbons (Fsp3) is 0.875. The Morgan fingerprint density at radius 2 is 0.932 bits per heavy atom. The molecule has 0 aromatic carbocycles. The minimum absolute atomic E-state index is 0.105. The van der Waals surface area contributed by atoms with Crippen molar-refractivity contribution in [3.05, 3.63) is 0 Å². The molecular formula is C32H58N4O8. The second-order valence-electron chi connectivity index (χ2n) is 13.4. The molecule has 2 fully saturated rings. The summed E-state index contributed by atoms with van der Waals surface area (Å²) in [4.78, 5) is 53.0. The van der Waals surface area contributed by atoms with Gasteiger partial charge in [0.2, 0.25) is 0 Å². The van der Waals surface area contributed by atoms with Crippen LogP contribution >= 0.6 is 0 Å². The van der Waals surface area contributed by atoms with Crippen molar-refractivity contribution in [1.29, 1.82) is 0 Å². The first-order valence-electron chi connectivity index (χ1n) is 16.2. The second-order valence-corrected chi connectivity index (χ2v) is 13.4. The third-order valence-electron chi connectivity index (χ3n) is 8.73. The molecule has 2 rings (SSSR count). The molecule has 12 nitrogen and oxygen atoms in total. The predicted molar refractivity (Wildman–Crippen MR) is 167 cm³/mol. The van der Waals surface area contributed by atoms with Crippen LogP contribution in [0.3, 0.4) is 0 Å². The van der Waals surface area contributed by atoms with E-state index in [0.717, 1.165) is 25.7 Å². The standard InChI is InChI=1S/C32H58N4O8/c1-21(13-23-9-11-25(41-29(37)17-33-3)27(15-23)43-30(38)18-34-4)22(2)14-24-10-12-26(42-31(39)19-35(5)6)28(16-24)44-32(40)20-36(7)8/h21-28,33-34H,9-20H2,1-8H3/t21-,22+,23?,24?,25?,26?,27?,28?/m0/s1. The van der Waals surface area contributed by atoms with Crippen LogP contribution in [0.2, 0.25) is 0 Å². The van der Waals surface area contributed by atoms with E-state index in [1.165, 1.54) is 0 Å². The van der Waals surface area contributed by atoms with Crippen LogP contribution in [0.25, 0.3) is 0 Å². The molecule has 254 valence electrons. The number of hydrogen-bond acceptors (Lipinski definition) is 12. The molecule has 2 aliphatic rings. The molecule has 0 spiro atoms. The molecule has 0 saturated heterocycles. The summed E-state index contributed by atoms with van der Waals surface area (Å²) in [5.41, 5.74) is 0. The first-order valence-corrected chi connectivity index (χ1v) is 16.2. The van der Waals surface area contributed by atoms with Crippen LogP contribution in [0.15, 0.2) is 0 Å². The van der Waals surface area contributed by atoms with Gasteiger partial charge in [0, 0.05) is 0 Å². The normalized spacial score (nSPS) is 27.0. The van der Waals surface area contributed by atoms with Gasteiger partial charge >= 0.3 is 23.9 Å². The Morgan fingerprint density at radius 3 is 1.30 bits per heavy atom. The van der Waals surface area contributed by atoms with E-state index in [0.29, 0.717) is 49.4 Å². The number of esters is 4. The van der Waals surface area contributed by atoms with E-state index in [9.17, 15) is 19.2 Å². The largest absolute Gasteiger partial charge is 0.457 e.